The SMILES string of the molecule is COc1cc(-n2nc(C)cc2C)ccc1N. The summed E-state index contributed by atoms with van der Waals surface area (Å²) in [5, 5.41) is 4.41. The quantitative estimate of drug-likeness (QED) is 0.783. The van der Waals surface area contributed by atoms with Gasteiger partial charge in [0.15, 0.2) is 0 Å². The van der Waals surface area contributed by atoms with E-state index in [2.05, 4.69) is 5.10 Å². The summed E-state index contributed by atoms with van der Waals surface area (Å²) in [6, 6.07) is 7.67. The molecule has 0 saturated heterocycles. The summed E-state index contributed by atoms with van der Waals surface area (Å²) >= 11 is 0. The van der Waals surface area contributed by atoms with E-state index in [4.69, 9.17) is 10.5 Å². The van der Waals surface area contributed by atoms with Gasteiger partial charge in [-0.15, -0.1) is 0 Å². The first-order chi connectivity index (χ1) is 7.61. The Kier molecular flexibility index (Phi) is 2.56. The molecule has 0 saturated carbocycles. The number of anilines is 1. The molecule has 1 heterocycles. The van der Waals surface area contributed by atoms with Crippen LogP contribution in [0.15, 0.2) is 24.3 Å². The molecule has 0 aliphatic heterocycles. The average molecular weight is 217 g/mol. The lowest BCUT2D eigenvalue weighted by atomic mass is 10.2. The van der Waals surface area contributed by atoms with Crippen molar-refractivity contribution in [3.8, 4) is 11.4 Å². The molecule has 0 radical (unpaired) electrons. The molecule has 1 aromatic carbocycles. The van der Waals surface area contributed by atoms with E-state index in [1.807, 2.05) is 42.8 Å². The average Bonchev–Trinajstić information content (AvgIpc) is 2.59. The van der Waals surface area contributed by atoms with Crippen LogP contribution in [-0.2, 0) is 0 Å². The first kappa shape index (κ1) is 10.5. The van der Waals surface area contributed by atoms with E-state index >= 15 is 0 Å². The molecular formula is C12H15N3O. The summed E-state index contributed by atoms with van der Waals surface area (Å²) in [5.41, 5.74) is 9.44. The smallest absolute Gasteiger partial charge is 0.143 e. The lowest BCUT2D eigenvalue weighted by molar-refractivity contribution is 0.416. The highest BCUT2D eigenvalue weighted by Gasteiger charge is 2.06. The summed E-state index contributed by atoms with van der Waals surface area (Å²) in [6.07, 6.45) is 0. The van der Waals surface area contributed by atoms with Crippen molar-refractivity contribution in [1.29, 1.82) is 0 Å². The molecule has 0 aliphatic rings. The standard InChI is InChI=1S/C12H15N3O/c1-8-6-9(2)15(14-8)10-4-5-11(13)12(7-10)16-3/h4-7H,13H2,1-3H3. The van der Waals surface area contributed by atoms with Gasteiger partial charge in [-0.25, -0.2) is 4.68 Å². The summed E-state index contributed by atoms with van der Waals surface area (Å²) in [7, 11) is 1.61. The van der Waals surface area contributed by atoms with Crippen LogP contribution in [-0.4, -0.2) is 16.9 Å². The maximum Gasteiger partial charge on any atom is 0.143 e. The predicted octanol–water partition coefficient (Wildman–Crippen LogP) is 2.08. The number of nitrogens with two attached hydrogens (primary N) is 1. The third-order valence-corrected chi connectivity index (χ3v) is 2.47. The number of nitrogen functional groups attached to an aromatic ring is 1. The van der Waals surface area contributed by atoms with Crippen molar-refractivity contribution >= 4 is 5.69 Å². The molecule has 4 heteroatoms. The third-order valence-electron chi connectivity index (χ3n) is 2.47. The van der Waals surface area contributed by atoms with Crippen LogP contribution >= 0.6 is 0 Å². The van der Waals surface area contributed by atoms with E-state index in [1.165, 1.54) is 0 Å². The van der Waals surface area contributed by atoms with Gasteiger partial charge in [0.05, 0.1) is 24.2 Å². The second kappa shape index (κ2) is 3.89. The van der Waals surface area contributed by atoms with Crippen LogP contribution in [0.4, 0.5) is 5.69 Å². The van der Waals surface area contributed by atoms with Crippen molar-refractivity contribution in [2.24, 2.45) is 0 Å². The van der Waals surface area contributed by atoms with Gasteiger partial charge in [-0.3, -0.25) is 0 Å². The van der Waals surface area contributed by atoms with Gasteiger partial charge in [0.25, 0.3) is 0 Å². The van der Waals surface area contributed by atoms with E-state index in [0.29, 0.717) is 11.4 Å². The Bertz CT molecular complexity index is 517. The van der Waals surface area contributed by atoms with Crippen molar-refractivity contribution in [2.75, 3.05) is 12.8 Å². The van der Waals surface area contributed by atoms with Crippen LogP contribution in [0.2, 0.25) is 0 Å². The number of hydrogen-bond acceptors (Lipinski definition) is 3. The maximum atomic E-state index is 5.77. The molecule has 2 aromatic rings. The zero-order chi connectivity index (χ0) is 11.7. The zero-order valence-electron chi connectivity index (χ0n) is 9.69. The normalized spacial score (nSPS) is 10.4. The monoisotopic (exact) mass is 217 g/mol. The Morgan fingerprint density at radius 2 is 2.00 bits per heavy atom. The summed E-state index contributed by atoms with van der Waals surface area (Å²) in [4.78, 5) is 0. The van der Waals surface area contributed by atoms with Crippen molar-refractivity contribution in [3.63, 3.8) is 0 Å². The highest BCUT2D eigenvalue weighted by molar-refractivity contribution is 5.57. The zero-order valence-corrected chi connectivity index (χ0v) is 9.69. The number of hydrogen-bond donors (Lipinski definition) is 1. The van der Waals surface area contributed by atoms with Crippen LogP contribution < -0.4 is 10.5 Å². The molecule has 0 unspecified atom stereocenters. The second-order valence-corrected chi connectivity index (χ2v) is 3.77. The number of ether oxygens (including phenoxy) is 1. The summed E-state index contributed by atoms with van der Waals surface area (Å²) < 4.78 is 7.06. The highest BCUT2D eigenvalue weighted by atomic mass is 16.5. The van der Waals surface area contributed by atoms with Gasteiger partial charge < -0.3 is 10.5 Å². The Morgan fingerprint density at radius 1 is 1.25 bits per heavy atom. The van der Waals surface area contributed by atoms with Crippen molar-refractivity contribution in [3.05, 3.63) is 35.7 Å². The van der Waals surface area contributed by atoms with Gasteiger partial charge in [-0.1, -0.05) is 0 Å². The van der Waals surface area contributed by atoms with Crippen LogP contribution in [0.5, 0.6) is 5.75 Å². The van der Waals surface area contributed by atoms with E-state index in [0.717, 1.165) is 17.1 Å². The van der Waals surface area contributed by atoms with Gasteiger partial charge >= 0.3 is 0 Å². The van der Waals surface area contributed by atoms with Crippen molar-refractivity contribution < 1.29 is 4.74 Å². The minimum Gasteiger partial charge on any atom is -0.495 e. The molecule has 1 aromatic heterocycles. The number of rotatable bonds is 2. The second-order valence-electron chi connectivity index (χ2n) is 3.77. The van der Waals surface area contributed by atoms with Crippen LogP contribution in [0, 0.1) is 13.8 Å². The molecule has 0 atom stereocenters. The molecule has 2 N–H and O–H groups in total. The Balaban J connectivity index is 2.52. The molecule has 0 amide bonds. The Hall–Kier alpha value is -1.97. The number of nitrogens with zero attached hydrogens (tertiary/aromatic N) is 2. The number of aryl methyl sites for hydroxylation is 2. The van der Waals surface area contributed by atoms with Gasteiger partial charge in [-0.2, -0.15) is 5.10 Å². The number of aromatic nitrogens is 2. The molecular weight excluding hydrogens is 202 g/mol. The summed E-state index contributed by atoms with van der Waals surface area (Å²) in [5.74, 6) is 0.671. The molecule has 4 nitrogen and oxygen atoms in total. The molecule has 0 fully saturated rings. The third kappa shape index (κ3) is 1.74. The van der Waals surface area contributed by atoms with Crippen molar-refractivity contribution in [1.82, 2.24) is 9.78 Å². The lowest BCUT2D eigenvalue weighted by Gasteiger charge is -2.08. The van der Waals surface area contributed by atoms with Gasteiger partial charge in [0.1, 0.15) is 5.75 Å². The van der Waals surface area contributed by atoms with Gasteiger partial charge in [0.2, 0.25) is 0 Å². The van der Waals surface area contributed by atoms with Crippen LogP contribution in [0.3, 0.4) is 0 Å². The molecule has 16 heavy (non-hydrogen) atoms. The number of benzene rings is 1. The highest BCUT2D eigenvalue weighted by Crippen LogP contribution is 2.24. The fourth-order valence-corrected chi connectivity index (χ4v) is 1.72. The summed E-state index contributed by atoms with van der Waals surface area (Å²) in [6.45, 7) is 3.99. The minimum absolute atomic E-state index is 0.632. The largest absolute Gasteiger partial charge is 0.495 e. The molecule has 0 spiro atoms. The Morgan fingerprint density at radius 3 is 2.56 bits per heavy atom. The molecule has 0 bridgehead atoms. The van der Waals surface area contributed by atoms with E-state index < -0.39 is 0 Å². The van der Waals surface area contributed by atoms with Gasteiger partial charge in [-0.05, 0) is 32.0 Å². The van der Waals surface area contributed by atoms with Crippen LogP contribution in [0.1, 0.15) is 11.4 Å². The topological polar surface area (TPSA) is 53.1 Å². The fourth-order valence-electron chi connectivity index (χ4n) is 1.72. The van der Waals surface area contributed by atoms with Crippen LogP contribution in [0.25, 0.3) is 5.69 Å². The van der Waals surface area contributed by atoms with E-state index in [9.17, 15) is 0 Å². The first-order valence-corrected chi connectivity index (χ1v) is 5.09. The van der Waals surface area contributed by atoms with Crippen molar-refractivity contribution in [2.45, 2.75) is 13.8 Å². The lowest BCUT2D eigenvalue weighted by Crippen LogP contribution is -2.01. The molecule has 0 aliphatic carbocycles. The number of methoxy groups -OCH3 is 1. The Labute approximate surface area is 94.6 Å². The predicted molar refractivity (Wildman–Crippen MR) is 64.0 cm³/mol. The molecule has 2 rings (SSSR count). The fraction of sp³-hybridized carbons (Fsp3) is 0.250. The van der Waals surface area contributed by atoms with E-state index in [-0.39, 0.29) is 0 Å². The van der Waals surface area contributed by atoms with E-state index in [1.54, 1.807) is 7.11 Å². The molecule has 84 valence electrons. The minimum atomic E-state index is 0.632. The van der Waals surface area contributed by atoms with Gasteiger partial charge in [0, 0.05) is 11.8 Å². The maximum absolute atomic E-state index is 5.77. The first-order valence-electron chi connectivity index (χ1n) is 5.09.